The van der Waals surface area contributed by atoms with Crippen LogP contribution < -0.4 is 11.1 Å². The molecule has 4 heteroatoms. The fourth-order valence-corrected chi connectivity index (χ4v) is 2.39. The minimum absolute atomic E-state index is 0.0781. The van der Waals surface area contributed by atoms with Crippen molar-refractivity contribution in [1.29, 1.82) is 0 Å². The quantitative estimate of drug-likeness (QED) is 0.844. The van der Waals surface area contributed by atoms with Crippen molar-refractivity contribution in [3.8, 4) is 0 Å². The van der Waals surface area contributed by atoms with Crippen molar-refractivity contribution in [3.63, 3.8) is 0 Å². The van der Waals surface area contributed by atoms with Crippen molar-refractivity contribution in [2.24, 2.45) is 0 Å². The van der Waals surface area contributed by atoms with Crippen LogP contribution in [0.3, 0.4) is 0 Å². The standard InChI is InChI=1S/C16H17BrN2O/c1-10-12(5-3-8-15(10)18)9-19-16(20)13-6-4-7-14(17)11(13)2/h3-8H,9,18H2,1-2H3,(H,19,20). The SMILES string of the molecule is Cc1c(N)cccc1CNC(=O)c1cccc(Br)c1C. The highest BCUT2D eigenvalue weighted by Crippen LogP contribution is 2.20. The van der Waals surface area contributed by atoms with E-state index in [4.69, 9.17) is 5.73 Å². The highest BCUT2D eigenvalue weighted by Gasteiger charge is 2.11. The first-order chi connectivity index (χ1) is 9.50. The summed E-state index contributed by atoms with van der Waals surface area (Å²) in [6, 6.07) is 11.3. The summed E-state index contributed by atoms with van der Waals surface area (Å²) in [7, 11) is 0. The maximum absolute atomic E-state index is 12.2. The van der Waals surface area contributed by atoms with Gasteiger partial charge in [0.15, 0.2) is 0 Å². The predicted molar refractivity (Wildman–Crippen MR) is 85.6 cm³/mol. The van der Waals surface area contributed by atoms with E-state index in [1.165, 1.54) is 0 Å². The van der Waals surface area contributed by atoms with Gasteiger partial charge in [0, 0.05) is 22.3 Å². The lowest BCUT2D eigenvalue weighted by molar-refractivity contribution is 0.0950. The molecule has 0 aliphatic heterocycles. The molecule has 0 aromatic heterocycles. The van der Waals surface area contributed by atoms with Crippen LogP contribution in [0.5, 0.6) is 0 Å². The molecular formula is C16H17BrN2O. The molecule has 0 saturated carbocycles. The number of anilines is 1. The number of hydrogen-bond donors (Lipinski definition) is 2. The number of amides is 1. The number of hydrogen-bond acceptors (Lipinski definition) is 2. The van der Waals surface area contributed by atoms with Gasteiger partial charge in [0.2, 0.25) is 0 Å². The van der Waals surface area contributed by atoms with Gasteiger partial charge in [-0.3, -0.25) is 4.79 Å². The van der Waals surface area contributed by atoms with E-state index in [2.05, 4.69) is 21.2 Å². The van der Waals surface area contributed by atoms with Crippen molar-refractivity contribution in [3.05, 3.63) is 63.1 Å². The third-order valence-electron chi connectivity index (χ3n) is 3.44. The first kappa shape index (κ1) is 14.6. The summed E-state index contributed by atoms with van der Waals surface area (Å²) in [5.41, 5.74) is 10.3. The lowest BCUT2D eigenvalue weighted by Gasteiger charge is -2.11. The molecule has 0 bridgehead atoms. The Morgan fingerprint density at radius 3 is 2.60 bits per heavy atom. The van der Waals surface area contributed by atoms with E-state index < -0.39 is 0 Å². The van der Waals surface area contributed by atoms with Crippen molar-refractivity contribution < 1.29 is 4.79 Å². The fraction of sp³-hybridized carbons (Fsp3) is 0.188. The Morgan fingerprint density at radius 1 is 1.15 bits per heavy atom. The van der Waals surface area contributed by atoms with Gasteiger partial charge in [0.25, 0.3) is 5.91 Å². The average Bonchev–Trinajstić information content (AvgIpc) is 2.43. The zero-order valence-electron chi connectivity index (χ0n) is 11.5. The summed E-state index contributed by atoms with van der Waals surface area (Å²) in [4.78, 5) is 12.2. The molecule has 0 saturated heterocycles. The lowest BCUT2D eigenvalue weighted by Crippen LogP contribution is -2.24. The van der Waals surface area contributed by atoms with Crippen LogP contribution in [0.4, 0.5) is 5.69 Å². The lowest BCUT2D eigenvalue weighted by atomic mass is 10.1. The van der Waals surface area contributed by atoms with Gasteiger partial charge in [-0.1, -0.05) is 34.1 Å². The number of nitrogens with one attached hydrogen (secondary N) is 1. The fourth-order valence-electron chi connectivity index (χ4n) is 2.02. The van der Waals surface area contributed by atoms with Crippen LogP contribution in [-0.2, 0) is 6.54 Å². The molecule has 0 aliphatic carbocycles. The van der Waals surface area contributed by atoms with Crippen molar-refractivity contribution in [1.82, 2.24) is 5.32 Å². The third-order valence-corrected chi connectivity index (χ3v) is 4.30. The Bertz CT molecular complexity index is 653. The monoisotopic (exact) mass is 332 g/mol. The molecule has 2 rings (SSSR count). The minimum atomic E-state index is -0.0781. The second-order valence-electron chi connectivity index (χ2n) is 4.73. The zero-order valence-corrected chi connectivity index (χ0v) is 13.1. The number of nitrogens with two attached hydrogens (primary N) is 1. The summed E-state index contributed by atoms with van der Waals surface area (Å²) >= 11 is 3.43. The number of benzene rings is 2. The number of halogens is 1. The van der Waals surface area contributed by atoms with Crippen molar-refractivity contribution in [2.45, 2.75) is 20.4 Å². The van der Waals surface area contributed by atoms with Gasteiger partial charge in [-0.15, -0.1) is 0 Å². The molecule has 2 aromatic carbocycles. The summed E-state index contributed by atoms with van der Waals surface area (Å²) in [5.74, 6) is -0.0781. The third kappa shape index (κ3) is 3.02. The van der Waals surface area contributed by atoms with E-state index in [0.717, 1.165) is 26.9 Å². The van der Waals surface area contributed by atoms with E-state index in [1.807, 2.05) is 50.2 Å². The Hall–Kier alpha value is -1.81. The van der Waals surface area contributed by atoms with Crippen LogP contribution >= 0.6 is 15.9 Å². The molecule has 104 valence electrons. The Balaban J connectivity index is 2.13. The molecule has 3 nitrogen and oxygen atoms in total. The summed E-state index contributed by atoms with van der Waals surface area (Å²) in [6.45, 7) is 4.35. The van der Waals surface area contributed by atoms with E-state index in [0.29, 0.717) is 12.1 Å². The van der Waals surface area contributed by atoms with E-state index in [1.54, 1.807) is 0 Å². The van der Waals surface area contributed by atoms with Crippen LogP contribution in [0.2, 0.25) is 0 Å². The van der Waals surface area contributed by atoms with Crippen LogP contribution in [0, 0.1) is 13.8 Å². The van der Waals surface area contributed by atoms with Crippen LogP contribution in [0.1, 0.15) is 27.0 Å². The number of carbonyl (C=O) groups is 1. The molecule has 0 radical (unpaired) electrons. The zero-order chi connectivity index (χ0) is 14.7. The minimum Gasteiger partial charge on any atom is -0.399 e. The largest absolute Gasteiger partial charge is 0.399 e. The molecular weight excluding hydrogens is 316 g/mol. The molecule has 0 atom stereocenters. The maximum atomic E-state index is 12.2. The van der Waals surface area contributed by atoms with Gasteiger partial charge in [-0.05, 0) is 48.7 Å². The first-order valence-electron chi connectivity index (χ1n) is 6.38. The predicted octanol–water partition coefficient (Wildman–Crippen LogP) is 3.58. The Kier molecular flexibility index (Phi) is 4.45. The summed E-state index contributed by atoms with van der Waals surface area (Å²) in [5, 5.41) is 2.94. The number of carbonyl (C=O) groups excluding carboxylic acids is 1. The van der Waals surface area contributed by atoms with Gasteiger partial charge in [0.1, 0.15) is 0 Å². The van der Waals surface area contributed by atoms with Gasteiger partial charge >= 0.3 is 0 Å². The second kappa shape index (κ2) is 6.09. The van der Waals surface area contributed by atoms with E-state index in [-0.39, 0.29) is 5.91 Å². The first-order valence-corrected chi connectivity index (χ1v) is 7.17. The Labute approximate surface area is 127 Å². The second-order valence-corrected chi connectivity index (χ2v) is 5.58. The molecule has 0 heterocycles. The molecule has 1 amide bonds. The van der Waals surface area contributed by atoms with Gasteiger partial charge in [0.05, 0.1) is 0 Å². The smallest absolute Gasteiger partial charge is 0.251 e. The highest BCUT2D eigenvalue weighted by molar-refractivity contribution is 9.10. The van der Waals surface area contributed by atoms with E-state index in [9.17, 15) is 4.79 Å². The highest BCUT2D eigenvalue weighted by atomic mass is 79.9. The molecule has 3 N–H and O–H groups in total. The maximum Gasteiger partial charge on any atom is 0.251 e. The number of rotatable bonds is 3. The average molecular weight is 333 g/mol. The molecule has 0 unspecified atom stereocenters. The molecule has 0 fully saturated rings. The van der Waals surface area contributed by atoms with Gasteiger partial charge < -0.3 is 11.1 Å². The van der Waals surface area contributed by atoms with E-state index >= 15 is 0 Å². The molecule has 20 heavy (non-hydrogen) atoms. The van der Waals surface area contributed by atoms with Gasteiger partial charge in [-0.25, -0.2) is 0 Å². The molecule has 0 aliphatic rings. The number of nitrogen functional groups attached to an aromatic ring is 1. The van der Waals surface area contributed by atoms with Crippen LogP contribution in [0.15, 0.2) is 40.9 Å². The van der Waals surface area contributed by atoms with Crippen molar-refractivity contribution >= 4 is 27.5 Å². The normalized spacial score (nSPS) is 10.3. The summed E-state index contributed by atoms with van der Waals surface area (Å²) < 4.78 is 0.935. The van der Waals surface area contributed by atoms with Crippen LogP contribution in [-0.4, -0.2) is 5.91 Å². The van der Waals surface area contributed by atoms with Crippen LogP contribution in [0.25, 0.3) is 0 Å². The molecule has 0 spiro atoms. The van der Waals surface area contributed by atoms with Gasteiger partial charge in [-0.2, -0.15) is 0 Å². The Morgan fingerprint density at radius 2 is 1.85 bits per heavy atom. The molecule has 2 aromatic rings. The van der Waals surface area contributed by atoms with Crippen molar-refractivity contribution in [2.75, 3.05) is 5.73 Å². The topological polar surface area (TPSA) is 55.1 Å². The summed E-state index contributed by atoms with van der Waals surface area (Å²) in [6.07, 6.45) is 0.